The molecule has 0 radical (unpaired) electrons. The number of hydrogen-bond acceptors (Lipinski definition) is 3. The van der Waals surface area contributed by atoms with E-state index >= 15 is 0 Å². The zero-order valence-electron chi connectivity index (χ0n) is 11.8. The molecule has 0 aromatic heterocycles. The number of amides is 1. The zero-order chi connectivity index (χ0) is 14.6. The molecule has 19 heavy (non-hydrogen) atoms. The molecule has 1 aromatic rings. The van der Waals surface area contributed by atoms with Crippen LogP contribution in [0.4, 0.5) is 0 Å². The summed E-state index contributed by atoms with van der Waals surface area (Å²) in [6.45, 7) is 6.25. The van der Waals surface area contributed by atoms with Gasteiger partial charge in [-0.15, -0.1) is 0 Å². The van der Waals surface area contributed by atoms with Crippen molar-refractivity contribution in [3.8, 4) is 5.75 Å². The number of halogens is 1. The second kappa shape index (κ2) is 6.91. The van der Waals surface area contributed by atoms with Gasteiger partial charge in [-0.1, -0.05) is 15.9 Å². The molecule has 0 fully saturated rings. The summed E-state index contributed by atoms with van der Waals surface area (Å²) in [5.74, 6) is 0.620. The third-order valence-corrected chi connectivity index (χ3v) is 3.27. The molecule has 0 aliphatic carbocycles. The summed E-state index contributed by atoms with van der Waals surface area (Å²) < 4.78 is 6.45. The highest BCUT2D eigenvalue weighted by atomic mass is 79.9. The molecule has 2 N–H and O–H groups in total. The molecule has 0 heterocycles. The zero-order valence-corrected chi connectivity index (χ0v) is 13.4. The molecule has 0 aliphatic heterocycles. The van der Waals surface area contributed by atoms with Crippen LogP contribution in [0.5, 0.6) is 5.75 Å². The largest absolute Gasteiger partial charge is 0.491 e. The van der Waals surface area contributed by atoms with Crippen molar-refractivity contribution in [2.75, 3.05) is 13.6 Å². The molecule has 0 saturated heterocycles. The molecule has 4 nitrogen and oxygen atoms in total. The van der Waals surface area contributed by atoms with E-state index in [0.29, 0.717) is 17.9 Å². The van der Waals surface area contributed by atoms with E-state index in [1.165, 1.54) is 0 Å². The van der Waals surface area contributed by atoms with E-state index < -0.39 is 0 Å². The minimum Gasteiger partial charge on any atom is -0.491 e. The van der Waals surface area contributed by atoms with E-state index in [-0.39, 0.29) is 18.1 Å². The highest BCUT2D eigenvalue weighted by molar-refractivity contribution is 9.10. The van der Waals surface area contributed by atoms with Gasteiger partial charge < -0.3 is 15.4 Å². The van der Waals surface area contributed by atoms with Gasteiger partial charge in [-0.3, -0.25) is 4.79 Å². The summed E-state index contributed by atoms with van der Waals surface area (Å²) in [7, 11) is 1.75. The number of carbonyl (C=O) groups is 1. The fraction of sp³-hybridized carbons (Fsp3) is 0.500. The maximum atomic E-state index is 12.3. The van der Waals surface area contributed by atoms with Crippen LogP contribution in [-0.2, 0) is 0 Å². The van der Waals surface area contributed by atoms with Crippen molar-refractivity contribution in [3.63, 3.8) is 0 Å². The minimum absolute atomic E-state index is 0.000878. The number of ether oxygens (including phenoxy) is 1. The molecule has 0 aliphatic rings. The molecule has 1 atom stereocenters. The molecule has 1 rings (SSSR count). The predicted molar refractivity (Wildman–Crippen MR) is 80.5 cm³/mol. The highest BCUT2D eigenvalue weighted by Gasteiger charge is 2.17. The van der Waals surface area contributed by atoms with Crippen molar-refractivity contribution < 1.29 is 9.53 Å². The first-order valence-corrected chi connectivity index (χ1v) is 7.09. The Kier molecular flexibility index (Phi) is 5.82. The van der Waals surface area contributed by atoms with Crippen LogP contribution in [-0.4, -0.2) is 36.5 Å². The van der Waals surface area contributed by atoms with Crippen molar-refractivity contribution in [2.24, 2.45) is 5.73 Å². The lowest BCUT2D eigenvalue weighted by molar-refractivity contribution is 0.0747. The molecule has 106 valence electrons. The number of hydrogen-bond donors (Lipinski definition) is 1. The van der Waals surface area contributed by atoms with Crippen molar-refractivity contribution in [3.05, 3.63) is 28.2 Å². The van der Waals surface area contributed by atoms with Crippen LogP contribution < -0.4 is 10.5 Å². The van der Waals surface area contributed by atoms with E-state index in [0.717, 1.165) is 4.47 Å². The van der Waals surface area contributed by atoms with Gasteiger partial charge in [0.15, 0.2) is 0 Å². The van der Waals surface area contributed by atoms with Crippen LogP contribution in [0.15, 0.2) is 22.7 Å². The van der Waals surface area contributed by atoms with E-state index in [1.807, 2.05) is 26.8 Å². The van der Waals surface area contributed by atoms with Crippen LogP contribution in [0.3, 0.4) is 0 Å². The fourth-order valence-electron chi connectivity index (χ4n) is 1.59. The number of nitrogens with zero attached hydrogens (tertiary/aromatic N) is 1. The summed E-state index contributed by atoms with van der Waals surface area (Å²) in [6.07, 6.45) is 0.0675. The fourth-order valence-corrected chi connectivity index (χ4v) is 2.06. The quantitative estimate of drug-likeness (QED) is 0.904. The molecule has 1 aromatic carbocycles. The van der Waals surface area contributed by atoms with Crippen LogP contribution in [0.2, 0.25) is 0 Å². The van der Waals surface area contributed by atoms with Gasteiger partial charge >= 0.3 is 0 Å². The Bertz CT molecular complexity index is 449. The van der Waals surface area contributed by atoms with E-state index in [1.54, 1.807) is 24.1 Å². The maximum absolute atomic E-state index is 12.3. The lowest BCUT2D eigenvalue weighted by Gasteiger charge is -2.24. The molecule has 5 heteroatoms. The smallest absolute Gasteiger partial charge is 0.254 e. The first-order valence-electron chi connectivity index (χ1n) is 6.29. The van der Waals surface area contributed by atoms with Gasteiger partial charge in [0.1, 0.15) is 5.75 Å². The van der Waals surface area contributed by atoms with Crippen LogP contribution in [0, 0.1) is 0 Å². The van der Waals surface area contributed by atoms with Gasteiger partial charge in [-0.25, -0.2) is 0 Å². The summed E-state index contributed by atoms with van der Waals surface area (Å²) in [5.41, 5.74) is 6.18. The molecular formula is C14H21BrN2O2. The van der Waals surface area contributed by atoms with Gasteiger partial charge in [-0.05, 0) is 39.0 Å². The topological polar surface area (TPSA) is 55.6 Å². The average Bonchev–Trinajstić information content (AvgIpc) is 2.34. The Morgan fingerprint density at radius 1 is 1.37 bits per heavy atom. The summed E-state index contributed by atoms with van der Waals surface area (Å²) in [6, 6.07) is 5.39. The average molecular weight is 329 g/mol. The number of carbonyl (C=O) groups excluding carboxylic acids is 1. The lowest BCUT2D eigenvalue weighted by atomic mass is 10.1. The van der Waals surface area contributed by atoms with Gasteiger partial charge in [0.2, 0.25) is 0 Å². The summed E-state index contributed by atoms with van der Waals surface area (Å²) in [5, 5.41) is 0. The summed E-state index contributed by atoms with van der Waals surface area (Å²) >= 11 is 3.40. The Balaban J connectivity index is 3.00. The van der Waals surface area contributed by atoms with Crippen molar-refractivity contribution in [2.45, 2.75) is 32.9 Å². The molecule has 1 amide bonds. The molecule has 0 saturated carbocycles. The highest BCUT2D eigenvalue weighted by Crippen LogP contribution is 2.23. The van der Waals surface area contributed by atoms with Gasteiger partial charge in [0, 0.05) is 29.7 Å². The van der Waals surface area contributed by atoms with E-state index in [2.05, 4.69) is 15.9 Å². The second-order valence-electron chi connectivity index (χ2n) is 4.84. The summed E-state index contributed by atoms with van der Waals surface area (Å²) in [4.78, 5) is 14.0. The number of benzene rings is 1. The van der Waals surface area contributed by atoms with E-state index in [9.17, 15) is 4.79 Å². The van der Waals surface area contributed by atoms with Crippen LogP contribution in [0.25, 0.3) is 0 Å². The molecule has 0 spiro atoms. The first-order chi connectivity index (χ1) is 8.85. The van der Waals surface area contributed by atoms with Crippen LogP contribution in [0.1, 0.15) is 31.1 Å². The van der Waals surface area contributed by atoms with E-state index in [4.69, 9.17) is 10.5 Å². The Morgan fingerprint density at radius 2 is 2.00 bits per heavy atom. The lowest BCUT2D eigenvalue weighted by Crippen LogP contribution is -2.39. The van der Waals surface area contributed by atoms with Crippen molar-refractivity contribution >= 4 is 21.8 Å². The normalized spacial score (nSPS) is 12.4. The minimum atomic E-state index is -0.0622. The monoisotopic (exact) mass is 328 g/mol. The van der Waals surface area contributed by atoms with Crippen molar-refractivity contribution in [1.82, 2.24) is 4.90 Å². The first kappa shape index (κ1) is 16.0. The SMILES string of the molecule is CC(C)Oc1cc(Br)cc(C(=O)N(C)C(C)CN)c1. The molecule has 0 bridgehead atoms. The standard InChI is InChI=1S/C14H21BrN2O2/c1-9(2)19-13-6-11(5-12(15)7-13)14(18)17(4)10(3)8-16/h5-7,9-10H,8,16H2,1-4H3. The Hall–Kier alpha value is -1.07. The Morgan fingerprint density at radius 3 is 2.53 bits per heavy atom. The molecule has 1 unspecified atom stereocenters. The van der Waals surface area contributed by atoms with Crippen LogP contribution >= 0.6 is 15.9 Å². The predicted octanol–water partition coefficient (Wildman–Crippen LogP) is 2.66. The van der Waals surface area contributed by atoms with Gasteiger partial charge in [0.05, 0.1) is 6.10 Å². The Labute approximate surface area is 123 Å². The maximum Gasteiger partial charge on any atom is 0.254 e. The third kappa shape index (κ3) is 4.51. The number of rotatable bonds is 5. The number of nitrogens with two attached hydrogens (primary N) is 1. The van der Waals surface area contributed by atoms with Crippen molar-refractivity contribution in [1.29, 1.82) is 0 Å². The third-order valence-electron chi connectivity index (χ3n) is 2.81. The molecular weight excluding hydrogens is 308 g/mol. The van der Waals surface area contributed by atoms with Gasteiger partial charge in [0.25, 0.3) is 5.91 Å². The number of likely N-dealkylation sites (N-methyl/N-ethyl adjacent to an activating group) is 1. The van der Waals surface area contributed by atoms with Gasteiger partial charge in [-0.2, -0.15) is 0 Å². The second-order valence-corrected chi connectivity index (χ2v) is 5.76.